The third kappa shape index (κ3) is 4.92. The quantitative estimate of drug-likeness (QED) is 0.319. The predicted octanol–water partition coefficient (Wildman–Crippen LogP) is 0.395. The smallest absolute Gasteiger partial charge is 0.104 e. The molecule has 44 valence electrons. The topological polar surface area (TPSA) is 36.8 Å². The second-order valence-electron chi connectivity index (χ2n) is 1.03. The zero-order chi connectivity index (χ0) is 6.24. The molecule has 0 aromatic rings. The molecule has 0 aliphatic rings. The van der Waals surface area contributed by atoms with Gasteiger partial charge in [-0.3, -0.25) is 10.4 Å². The first-order valence-corrected chi connectivity index (χ1v) is 2.37. The highest BCUT2D eigenvalue weighted by Crippen LogP contribution is 1.57. The number of aliphatic imine (C=N–C) groups is 1. The molecular formula is C5H9N3. The summed E-state index contributed by atoms with van der Waals surface area (Å²) in [5.74, 6) is 2.30. The van der Waals surface area contributed by atoms with E-state index in [1.165, 1.54) is 6.34 Å². The van der Waals surface area contributed by atoms with Crippen molar-refractivity contribution >= 4 is 12.2 Å². The third-order valence-corrected chi connectivity index (χ3v) is 0.475. The summed E-state index contributed by atoms with van der Waals surface area (Å²) in [7, 11) is 0. The Morgan fingerprint density at radius 3 is 3.12 bits per heavy atom. The molecule has 3 heteroatoms. The van der Waals surface area contributed by atoms with Crippen molar-refractivity contribution < 1.29 is 0 Å². The summed E-state index contributed by atoms with van der Waals surface area (Å²) in [5.41, 5.74) is 2.50. The summed E-state index contributed by atoms with van der Waals surface area (Å²) < 4.78 is 0. The standard InChI is InChI=1S/C5H9N3/c1-3-6-5-8-7-4-2/h5H,2-3H2,1H3,(H,6,8). The van der Waals surface area contributed by atoms with E-state index in [1.807, 2.05) is 6.92 Å². The molecule has 0 aliphatic heterocycles. The molecule has 8 heavy (non-hydrogen) atoms. The van der Waals surface area contributed by atoms with Crippen molar-refractivity contribution in [3.63, 3.8) is 0 Å². The van der Waals surface area contributed by atoms with Crippen LogP contribution < -0.4 is 5.43 Å². The van der Waals surface area contributed by atoms with Gasteiger partial charge in [0, 0.05) is 12.4 Å². The zero-order valence-corrected chi connectivity index (χ0v) is 4.89. The van der Waals surface area contributed by atoms with Crippen molar-refractivity contribution in [2.75, 3.05) is 6.54 Å². The number of nitrogens with zero attached hydrogens (tertiary/aromatic N) is 2. The summed E-state index contributed by atoms with van der Waals surface area (Å²) in [6, 6.07) is 0. The number of hydrogen-bond acceptors (Lipinski definition) is 2. The first-order valence-electron chi connectivity index (χ1n) is 2.37. The van der Waals surface area contributed by atoms with E-state index in [9.17, 15) is 0 Å². The third-order valence-electron chi connectivity index (χ3n) is 0.475. The Morgan fingerprint density at radius 1 is 1.88 bits per heavy atom. The van der Waals surface area contributed by atoms with Crippen LogP contribution in [0.4, 0.5) is 0 Å². The van der Waals surface area contributed by atoms with Crippen LogP contribution >= 0.6 is 0 Å². The second kappa shape index (κ2) is 5.92. The molecule has 0 aromatic heterocycles. The fourth-order valence-electron chi connectivity index (χ4n) is 0.207. The van der Waals surface area contributed by atoms with E-state index in [0.29, 0.717) is 0 Å². The molecule has 0 amide bonds. The Balaban J connectivity index is 3.15. The van der Waals surface area contributed by atoms with Crippen molar-refractivity contribution in [2.45, 2.75) is 6.92 Å². The zero-order valence-electron chi connectivity index (χ0n) is 4.89. The minimum absolute atomic E-state index is 0.764. The lowest BCUT2D eigenvalue weighted by atomic mass is 10.8. The van der Waals surface area contributed by atoms with Gasteiger partial charge in [0.1, 0.15) is 6.34 Å². The Bertz CT molecular complexity index is 111. The Hall–Kier alpha value is -1.08. The number of rotatable bonds is 3. The van der Waals surface area contributed by atoms with Gasteiger partial charge in [-0.05, 0) is 13.5 Å². The molecule has 0 atom stereocenters. The van der Waals surface area contributed by atoms with Crippen LogP contribution in [-0.2, 0) is 0 Å². The maximum atomic E-state index is 3.81. The molecule has 3 nitrogen and oxygen atoms in total. The lowest BCUT2D eigenvalue weighted by molar-refractivity contribution is 1.03. The van der Waals surface area contributed by atoms with Gasteiger partial charge in [0.25, 0.3) is 0 Å². The Labute approximate surface area is 48.8 Å². The summed E-state index contributed by atoms with van der Waals surface area (Å²) >= 11 is 0. The van der Waals surface area contributed by atoms with Crippen LogP contribution in [0.25, 0.3) is 0 Å². The van der Waals surface area contributed by atoms with Crippen molar-refractivity contribution in [1.82, 2.24) is 5.43 Å². The first kappa shape index (κ1) is 6.92. The van der Waals surface area contributed by atoms with Crippen LogP contribution in [-0.4, -0.2) is 18.8 Å². The minimum Gasteiger partial charge on any atom is -0.274 e. The molecule has 0 spiro atoms. The van der Waals surface area contributed by atoms with E-state index >= 15 is 0 Å². The van der Waals surface area contributed by atoms with Crippen molar-refractivity contribution in [3.8, 4) is 0 Å². The first-order chi connectivity index (χ1) is 3.91. The maximum Gasteiger partial charge on any atom is 0.104 e. The molecule has 0 radical (unpaired) electrons. The van der Waals surface area contributed by atoms with Crippen LogP contribution in [0.1, 0.15) is 6.92 Å². The van der Waals surface area contributed by atoms with Crippen molar-refractivity contribution in [3.05, 3.63) is 6.58 Å². The molecule has 0 aromatic carbocycles. The summed E-state index contributed by atoms with van der Waals surface area (Å²) in [5, 5.41) is 3.45. The van der Waals surface area contributed by atoms with Gasteiger partial charge in [-0.15, -0.1) is 5.10 Å². The highest BCUT2D eigenvalue weighted by Gasteiger charge is 1.61. The largest absolute Gasteiger partial charge is 0.274 e. The molecule has 0 unspecified atom stereocenters. The SMILES string of the molecule is C=C=NN/C=N/CC. The Kier molecular flexibility index (Phi) is 5.12. The van der Waals surface area contributed by atoms with E-state index in [0.717, 1.165) is 6.54 Å². The lowest BCUT2D eigenvalue weighted by Crippen LogP contribution is -1.99. The molecule has 0 saturated carbocycles. The van der Waals surface area contributed by atoms with Crippen molar-refractivity contribution in [1.29, 1.82) is 0 Å². The molecular weight excluding hydrogens is 102 g/mol. The predicted molar refractivity (Wildman–Crippen MR) is 35.2 cm³/mol. The molecule has 0 heterocycles. The highest BCUT2D eigenvalue weighted by atomic mass is 15.3. The van der Waals surface area contributed by atoms with E-state index in [4.69, 9.17) is 0 Å². The van der Waals surface area contributed by atoms with E-state index in [-0.39, 0.29) is 0 Å². The Morgan fingerprint density at radius 2 is 2.62 bits per heavy atom. The number of hydrogen-bond donors (Lipinski definition) is 1. The van der Waals surface area contributed by atoms with Crippen LogP contribution in [0.2, 0.25) is 0 Å². The van der Waals surface area contributed by atoms with Crippen LogP contribution in [0.15, 0.2) is 16.7 Å². The maximum absolute atomic E-state index is 3.81. The fraction of sp³-hybridized carbons (Fsp3) is 0.400. The summed E-state index contributed by atoms with van der Waals surface area (Å²) in [6.07, 6.45) is 1.50. The monoisotopic (exact) mass is 111 g/mol. The molecule has 0 saturated heterocycles. The van der Waals surface area contributed by atoms with Crippen molar-refractivity contribution in [2.24, 2.45) is 10.1 Å². The highest BCUT2D eigenvalue weighted by molar-refractivity contribution is 5.56. The lowest BCUT2D eigenvalue weighted by Gasteiger charge is -1.81. The molecule has 0 rings (SSSR count). The fourth-order valence-corrected chi connectivity index (χ4v) is 0.207. The van der Waals surface area contributed by atoms with Gasteiger partial charge in [0.15, 0.2) is 0 Å². The van der Waals surface area contributed by atoms with Gasteiger partial charge < -0.3 is 0 Å². The van der Waals surface area contributed by atoms with Gasteiger partial charge in [-0.25, -0.2) is 0 Å². The van der Waals surface area contributed by atoms with Crippen LogP contribution in [0.3, 0.4) is 0 Å². The molecule has 0 aliphatic carbocycles. The molecule has 1 N–H and O–H groups in total. The average molecular weight is 111 g/mol. The van der Waals surface area contributed by atoms with Gasteiger partial charge in [0.05, 0.1) is 0 Å². The number of hydrazone groups is 1. The summed E-state index contributed by atoms with van der Waals surface area (Å²) in [6.45, 7) is 5.95. The van der Waals surface area contributed by atoms with Gasteiger partial charge in [-0.1, -0.05) is 0 Å². The van der Waals surface area contributed by atoms with Gasteiger partial charge in [-0.2, -0.15) is 0 Å². The van der Waals surface area contributed by atoms with Gasteiger partial charge >= 0.3 is 0 Å². The minimum atomic E-state index is 0.764. The van der Waals surface area contributed by atoms with Crippen LogP contribution in [0, 0.1) is 0 Å². The summed E-state index contributed by atoms with van der Waals surface area (Å²) in [4.78, 5) is 3.81. The molecule has 0 fully saturated rings. The normalized spacial score (nSPS) is 8.62. The molecule has 0 bridgehead atoms. The van der Waals surface area contributed by atoms with Crippen LogP contribution in [0.5, 0.6) is 0 Å². The van der Waals surface area contributed by atoms with E-state index in [2.05, 4.69) is 28.0 Å². The second-order valence-corrected chi connectivity index (χ2v) is 1.03. The van der Waals surface area contributed by atoms with E-state index < -0.39 is 0 Å². The van der Waals surface area contributed by atoms with E-state index in [1.54, 1.807) is 0 Å². The number of nitrogens with one attached hydrogen (secondary N) is 1. The van der Waals surface area contributed by atoms with Gasteiger partial charge in [0.2, 0.25) is 0 Å². The average Bonchev–Trinajstić information content (AvgIpc) is 1.81.